The lowest BCUT2D eigenvalue weighted by molar-refractivity contribution is 0.644. The number of hydrogen-bond acceptors (Lipinski definition) is 1. The average molecular weight is 270 g/mol. The third kappa shape index (κ3) is 5.31. The van der Waals surface area contributed by atoms with Crippen LogP contribution in [0.25, 0.3) is 0 Å². The summed E-state index contributed by atoms with van der Waals surface area (Å²) in [5.74, 6) is 0. The van der Waals surface area contributed by atoms with Crippen LogP contribution in [0.5, 0.6) is 0 Å². The first kappa shape index (κ1) is 12.7. The molecule has 1 aromatic heterocycles. The van der Waals surface area contributed by atoms with Gasteiger partial charge >= 0.3 is 0 Å². The van der Waals surface area contributed by atoms with Crippen molar-refractivity contribution < 1.29 is 0 Å². The van der Waals surface area contributed by atoms with Crippen LogP contribution in [0.1, 0.15) is 43.9 Å². The van der Waals surface area contributed by atoms with Crippen LogP contribution in [0.4, 0.5) is 0 Å². The van der Waals surface area contributed by atoms with E-state index in [1.165, 1.54) is 36.9 Å². The first-order chi connectivity index (χ1) is 7.22. The highest BCUT2D eigenvalue weighted by Gasteiger charge is 2.05. The quantitative estimate of drug-likeness (QED) is 0.555. The van der Waals surface area contributed by atoms with Gasteiger partial charge < -0.3 is 0 Å². The molecular formula is C13H20BrN. The van der Waals surface area contributed by atoms with Crippen molar-refractivity contribution in [3.05, 3.63) is 29.6 Å². The molecule has 15 heavy (non-hydrogen) atoms. The molecule has 1 unspecified atom stereocenters. The largest absolute Gasteiger partial charge is 0.261 e. The van der Waals surface area contributed by atoms with Crippen LogP contribution in [0.2, 0.25) is 0 Å². The van der Waals surface area contributed by atoms with Crippen molar-refractivity contribution >= 4 is 15.9 Å². The van der Waals surface area contributed by atoms with Crippen molar-refractivity contribution in [2.75, 3.05) is 0 Å². The molecule has 0 saturated heterocycles. The summed E-state index contributed by atoms with van der Waals surface area (Å²) in [7, 11) is 0. The predicted molar refractivity (Wildman–Crippen MR) is 69.5 cm³/mol. The van der Waals surface area contributed by atoms with E-state index < -0.39 is 0 Å². The topological polar surface area (TPSA) is 12.9 Å². The van der Waals surface area contributed by atoms with Gasteiger partial charge in [0.1, 0.15) is 0 Å². The zero-order chi connectivity index (χ0) is 11.1. The van der Waals surface area contributed by atoms with Gasteiger partial charge in [-0.25, -0.2) is 0 Å². The first-order valence-corrected chi connectivity index (χ1v) is 6.69. The molecule has 1 atom stereocenters. The van der Waals surface area contributed by atoms with E-state index in [4.69, 9.17) is 0 Å². The fourth-order valence-electron chi connectivity index (χ4n) is 1.56. The second-order valence-corrected chi connectivity index (χ2v) is 5.42. The molecule has 0 saturated carbocycles. The Kier molecular flexibility index (Phi) is 5.92. The van der Waals surface area contributed by atoms with Gasteiger partial charge in [0.2, 0.25) is 0 Å². The minimum absolute atomic E-state index is 0.583. The minimum Gasteiger partial charge on any atom is -0.261 e. The van der Waals surface area contributed by atoms with Gasteiger partial charge in [0.05, 0.1) is 0 Å². The van der Waals surface area contributed by atoms with Gasteiger partial charge in [-0.3, -0.25) is 4.98 Å². The summed E-state index contributed by atoms with van der Waals surface area (Å²) in [4.78, 5) is 5.00. The van der Waals surface area contributed by atoms with E-state index in [1.54, 1.807) is 0 Å². The molecule has 0 radical (unpaired) electrons. The fourth-order valence-corrected chi connectivity index (χ4v) is 2.22. The molecule has 0 aliphatic carbocycles. The van der Waals surface area contributed by atoms with E-state index in [-0.39, 0.29) is 0 Å². The Morgan fingerprint density at radius 3 is 2.73 bits per heavy atom. The van der Waals surface area contributed by atoms with Crippen LogP contribution < -0.4 is 0 Å². The molecule has 1 rings (SSSR count). The standard InChI is InChI=1S/C13H20BrN/c1-3-4-5-6-12(14)9-13-8-7-11(2)10-15-13/h7-8,10,12H,3-6,9H2,1-2H3. The second-order valence-electron chi connectivity index (χ2n) is 4.12. The van der Waals surface area contributed by atoms with Crippen molar-refractivity contribution in [1.82, 2.24) is 4.98 Å². The van der Waals surface area contributed by atoms with Crippen LogP contribution >= 0.6 is 15.9 Å². The summed E-state index contributed by atoms with van der Waals surface area (Å²) >= 11 is 3.72. The molecule has 0 bridgehead atoms. The van der Waals surface area contributed by atoms with Crippen LogP contribution in [0, 0.1) is 6.92 Å². The lowest BCUT2D eigenvalue weighted by Gasteiger charge is -2.08. The number of pyridine rings is 1. The normalized spacial score (nSPS) is 12.7. The third-order valence-corrected chi connectivity index (χ3v) is 3.31. The Balaban J connectivity index is 2.31. The molecule has 84 valence electrons. The monoisotopic (exact) mass is 269 g/mol. The predicted octanol–water partition coefficient (Wildman–Crippen LogP) is 4.28. The Bertz CT molecular complexity index is 268. The highest BCUT2D eigenvalue weighted by molar-refractivity contribution is 9.09. The number of alkyl halides is 1. The molecule has 1 nitrogen and oxygen atoms in total. The van der Waals surface area contributed by atoms with E-state index in [9.17, 15) is 0 Å². The number of aromatic nitrogens is 1. The molecule has 0 aliphatic heterocycles. The van der Waals surface area contributed by atoms with E-state index in [1.807, 2.05) is 6.20 Å². The molecule has 0 aromatic carbocycles. The van der Waals surface area contributed by atoms with Crippen molar-refractivity contribution in [3.8, 4) is 0 Å². The van der Waals surface area contributed by atoms with Gasteiger partial charge in [-0.15, -0.1) is 0 Å². The molecule has 0 fully saturated rings. The lowest BCUT2D eigenvalue weighted by atomic mass is 10.1. The summed E-state index contributed by atoms with van der Waals surface area (Å²) in [6, 6.07) is 4.26. The van der Waals surface area contributed by atoms with Crippen LogP contribution in [0.3, 0.4) is 0 Å². The smallest absolute Gasteiger partial charge is 0.0414 e. The molecular weight excluding hydrogens is 250 g/mol. The van der Waals surface area contributed by atoms with Gasteiger partial charge in [0.25, 0.3) is 0 Å². The van der Waals surface area contributed by atoms with E-state index in [0.717, 1.165) is 6.42 Å². The van der Waals surface area contributed by atoms with Crippen molar-refractivity contribution in [3.63, 3.8) is 0 Å². The average Bonchev–Trinajstić information content (AvgIpc) is 2.22. The number of rotatable bonds is 6. The van der Waals surface area contributed by atoms with Crippen LogP contribution in [0.15, 0.2) is 18.3 Å². The zero-order valence-corrected chi connectivity index (χ0v) is 11.3. The Morgan fingerprint density at radius 1 is 1.33 bits per heavy atom. The third-order valence-electron chi connectivity index (χ3n) is 2.52. The maximum Gasteiger partial charge on any atom is 0.0414 e. The minimum atomic E-state index is 0.583. The Morgan fingerprint density at radius 2 is 2.13 bits per heavy atom. The van der Waals surface area contributed by atoms with Gasteiger partial charge in [-0.05, 0) is 25.0 Å². The van der Waals surface area contributed by atoms with E-state index in [0.29, 0.717) is 4.83 Å². The number of aryl methyl sites for hydroxylation is 1. The molecule has 2 heteroatoms. The summed E-state index contributed by atoms with van der Waals surface area (Å²) in [6.07, 6.45) is 8.19. The summed E-state index contributed by atoms with van der Waals surface area (Å²) in [5, 5.41) is 0. The van der Waals surface area contributed by atoms with E-state index >= 15 is 0 Å². The summed E-state index contributed by atoms with van der Waals surface area (Å²) < 4.78 is 0. The maximum absolute atomic E-state index is 4.42. The highest BCUT2D eigenvalue weighted by atomic mass is 79.9. The summed E-state index contributed by atoms with van der Waals surface area (Å²) in [6.45, 7) is 4.31. The SMILES string of the molecule is CCCCCC(Br)Cc1ccc(C)cn1. The molecule has 0 amide bonds. The van der Waals surface area contributed by atoms with Crippen molar-refractivity contribution in [2.45, 2.75) is 50.8 Å². The molecule has 0 aliphatic rings. The number of halogens is 1. The first-order valence-electron chi connectivity index (χ1n) is 5.78. The second kappa shape index (κ2) is 7.00. The number of nitrogens with zero attached hydrogens (tertiary/aromatic N) is 1. The van der Waals surface area contributed by atoms with Crippen LogP contribution in [-0.2, 0) is 6.42 Å². The lowest BCUT2D eigenvalue weighted by Crippen LogP contribution is -2.04. The number of unbranched alkanes of at least 4 members (excludes halogenated alkanes) is 2. The van der Waals surface area contributed by atoms with Gasteiger partial charge in [0.15, 0.2) is 0 Å². The van der Waals surface area contributed by atoms with Gasteiger partial charge in [0, 0.05) is 23.1 Å². The maximum atomic E-state index is 4.42. The summed E-state index contributed by atoms with van der Waals surface area (Å²) in [5.41, 5.74) is 2.43. The fraction of sp³-hybridized carbons (Fsp3) is 0.615. The molecule has 1 heterocycles. The number of hydrogen-bond donors (Lipinski definition) is 0. The van der Waals surface area contributed by atoms with Gasteiger partial charge in [-0.2, -0.15) is 0 Å². The van der Waals surface area contributed by atoms with Crippen molar-refractivity contribution in [1.29, 1.82) is 0 Å². The van der Waals surface area contributed by atoms with E-state index in [2.05, 4.69) is 46.9 Å². The van der Waals surface area contributed by atoms with Gasteiger partial charge in [-0.1, -0.05) is 48.2 Å². The molecule has 0 N–H and O–H groups in total. The van der Waals surface area contributed by atoms with Crippen molar-refractivity contribution in [2.24, 2.45) is 0 Å². The molecule has 0 spiro atoms. The molecule has 1 aromatic rings. The Hall–Kier alpha value is -0.370. The van der Waals surface area contributed by atoms with Crippen LogP contribution in [-0.4, -0.2) is 9.81 Å². The Labute approximate surface area is 101 Å². The highest BCUT2D eigenvalue weighted by Crippen LogP contribution is 2.15. The zero-order valence-electron chi connectivity index (χ0n) is 9.67.